The number of benzene rings is 1. The predicted octanol–water partition coefficient (Wildman–Crippen LogP) is 3.30. The van der Waals surface area contributed by atoms with Crippen molar-refractivity contribution in [3.05, 3.63) is 35.9 Å². The van der Waals surface area contributed by atoms with Gasteiger partial charge in [0, 0.05) is 21.8 Å². The van der Waals surface area contributed by atoms with Gasteiger partial charge < -0.3 is 5.73 Å². The van der Waals surface area contributed by atoms with Crippen LogP contribution in [-0.4, -0.2) is 21.8 Å². The number of hydrogen-bond donors (Lipinski definition) is 1. The molecule has 0 amide bonds. The van der Waals surface area contributed by atoms with Crippen molar-refractivity contribution in [3.8, 4) is 0 Å². The summed E-state index contributed by atoms with van der Waals surface area (Å²) in [7, 11) is -0.741. The minimum absolute atomic E-state index is 0.279. The predicted molar refractivity (Wildman–Crippen MR) is 87.2 cm³/mol. The molecule has 0 aliphatic heterocycles. The summed E-state index contributed by atoms with van der Waals surface area (Å²) in [5.74, 6) is 2.30. The van der Waals surface area contributed by atoms with E-state index in [2.05, 4.69) is 44.2 Å². The quantitative estimate of drug-likeness (QED) is 0.905. The number of hydrogen-bond acceptors (Lipinski definition) is 2. The van der Waals surface area contributed by atoms with Crippen LogP contribution in [-0.2, 0) is 10.8 Å². The fraction of sp³-hybridized carbons (Fsp3) is 0.647. The van der Waals surface area contributed by atoms with Gasteiger partial charge >= 0.3 is 0 Å². The van der Waals surface area contributed by atoms with Gasteiger partial charge in [-0.25, -0.2) is 0 Å². The van der Waals surface area contributed by atoms with E-state index < -0.39 is 10.8 Å². The molecule has 1 saturated carbocycles. The van der Waals surface area contributed by atoms with E-state index in [1.807, 2.05) is 0 Å². The molecule has 0 spiro atoms. The Kier molecular flexibility index (Phi) is 5.79. The van der Waals surface area contributed by atoms with Crippen molar-refractivity contribution in [1.29, 1.82) is 0 Å². The third-order valence-electron chi connectivity index (χ3n) is 4.34. The number of nitrogens with two attached hydrogens (primary N) is 1. The molecule has 0 saturated heterocycles. The standard InChI is InChI=1S/C17H27NOS/c1-13(2)12-20(19)17-10-15(8-9-16(17)11-18)14-6-4-3-5-7-14/h3-7,13,15-17H,8-12,18H2,1-2H3. The topological polar surface area (TPSA) is 43.1 Å². The maximum absolute atomic E-state index is 12.6. The Labute approximate surface area is 125 Å². The van der Waals surface area contributed by atoms with Crippen LogP contribution in [0.2, 0.25) is 0 Å². The van der Waals surface area contributed by atoms with Crippen LogP contribution in [0.25, 0.3) is 0 Å². The summed E-state index contributed by atoms with van der Waals surface area (Å²) < 4.78 is 12.6. The highest BCUT2D eigenvalue weighted by Crippen LogP contribution is 2.38. The zero-order chi connectivity index (χ0) is 14.5. The minimum Gasteiger partial charge on any atom is -0.330 e. The van der Waals surface area contributed by atoms with E-state index in [1.54, 1.807) is 0 Å². The molecule has 0 bridgehead atoms. The molecule has 4 atom stereocenters. The van der Waals surface area contributed by atoms with Crippen molar-refractivity contribution in [2.45, 2.75) is 44.3 Å². The highest BCUT2D eigenvalue weighted by atomic mass is 32.2. The monoisotopic (exact) mass is 293 g/mol. The second-order valence-electron chi connectivity index (χ2n) is 6.40. The molecule has 2 N–H and O–H groups in total. The fourth-order valence-electron chi connectivity index (χ4n) is 3.26. The molecule has 0 heterocycles. The minimum atomic E-state index is -0.741. The van der Waals surface area contributed by atoms with Crippen LogP contribution in [0, 0.1) is 11.8 Å². The van der Waals surface area contributed by atoms with Crippen molar-refractivity contribution >= 4 is 10.8 Å². The largest absolute Gasteiger partial charge is 0.330 e. The van der Waals surface area contributed by atoms with Crippen LogP contribution in [0.15, 0.2) is 30.3 Å². The highest BCUT2D eigenvalue weighted by molar-refractivity contribution is 7.85. The van der Waals surface area contributed by atoms with Crippen LogP contribution in [0.3, 0.4) is 0 Å². The van der Waals surface area contributed by atoms with E-state index >= 15 is 0 Å². The highest BCUT2D eigenvalue weighted by Gasteiger charge is 2.34. The third-order valence-corrected chi connectivity index (χ3v) is 6.59. The SMILES string of the molecule is CC(C)CS(=O)C1CC(c2ccccc2)CCC1CN. The van der Waals surface area contributed by atoms with E-state index in [0.29, 0.717) is 24.3 Å². The summed E-state index contributed by atoms with van der Waals surface area (Å²) in [5, 5.41) is 0.279. The Balaban J connectivity index is 2.09. The van der Waals surface area contributed by atoms with Crippen LogP contribution in [0.5, 0.6) is 0 Å². The van der Waals surface area contributed by atoms with Gasteiger partial charge in [0.1, 0.15) is 0 Å². The van der Waals surface area contributed by atoms with Gasteiger partial charge in [-0.1, -0.05) is 44.2 Å². The summed E-state index contributed by atoms with van der Waals surface area (Å²) in [6.07, 6.45) is 3.33. The van der Waals surface area contributed by atoms with E-state index in [-0.39, 0.29) is 5.25 Å². The lowest BCUT2D eigenvalue weighted by Gasteiger charge is -2.35. The molecule has 2 nitrogen and oxygen atoms in total. The molecule has 1 aromatic rings. The Morgan fingerprint density at radius 3 is 2.55 bits per heavy atom. The summed E-state index contributed by atoms with van der Waals surface area (Å²) in [6.45, 7) is 4.97. The molecular weight excluding hydrogens is 266 g/mol. The molecule has 1 aromatic carbocycles. The van der Waals surface area contributed by atoms with Crippen LogP contribution >= 0.6 is 0 Å². The van der Waals surface area contributed by atoms with E-state index in [4.69, 9.17) is 5.73 Å². The van der Waals surface area contributed by atoms with Crippen LogP contribution < -0.4 is 5.73 Å². The summed E-state index contributed by atoms with van der Waals surface area (Å²) >= 11 is 0. The van der Waals surface area contributed by atoms with Gasteiger partial charge in [-0.3, -0.25) is 4.21 Å². The molecule has 4 unspecified atom stereocenters. The molecule has 0 aromatic heterocycles. The van der Waals surface area contributed by atoms with Gasteiger partial charge in [-0.2, -0.15) is 0 Å². The lowest BCUT2D eigenvalue weighted by atomic mass is 9.78. The Bertz CT molecular complexity index is 432. The van der Waals surface area contributed by atoms with Gasteiger partial charge in [0.05, 0.1) is 0 Å². The van der Waals surface area contributed by atoms with E-state index in [9.17, 15) is 4.21 Å². The first-order valence-electron chi connectivity index (χ1n) is 7.74. The van der Waals surface area contributed by atoms with Gasteiger partial charge in [-0.05, 0) is 49.1 Å². The maximum atomic E-state index is 12.6. The van der Waals surface area contributed by atoms with Gasteiger partial charge in [0.15, 0.2) is 0 Å². The second kappa shape index (κ2) is 7.37. The van der Waals surface area contributed by atoms with Crippen molar-refractivity contribution < 1.29 is 4.21 Å². The van der Waals surface area contributed by atoms with Crippen molar-refractivity contribution in [2.24, 2.45) is 17.6 Å². The molecule has 1 aliphatic rings. The molecule has 3 heteroatoms. The zero-order valence-electron chi connectivity index (χ0n) is 12.6. The van der Waals surface area contributed by atoms with E-state index in [1.165, 1.54) is 12.0 Å². The van der Waals surface area contributed by atoms with Crippen molar-refractivity contribution in [3.63, 3.8) is 0 Å². The lowest BCUT2D eigenvalue weighted by molar-refractivity contribution is 0.338. The molecule has 1 aliphatic carbocycles. The normalized spacial score (nSPS) is 28.5. The average Bonchev–Trinajstić information content (AvgIpc) is 2.46. The molecule has 2 rings (SSSR count). The Morgan fingerprint density at radius 2 is 1.95 bits per heavy atom. The lowest BCUT2D eigenvalue weighted by Crippen LogP contribution is -2.38. The van der Waals surface area contributed by atoms with Crippen molar-refractivity contribution in [1.82, 2.24) is 0 Å². The van der Waals surface area contributed by atoms with E-state index in [0.717, 1.165) is 18.6 Å². The fourth-order valence-corrected chi connectivity index (χ4v) is 5.29. The smallest absolute Gasteiger partial charge is 0.0394 e. The molecular formula is C17H27NOS. The number of rotatable bonds is 5. The van der Waals surface area contributed by atoms with Gasteiger partial charge in [0.25, 0.3) is 0 Å². The Morgan fingerprint density at radius 1 is 1.25 bits per heavy atom. The molecule has 1 fully saturated rings. The van der Waals surface area contributed by atoms with Crippen molar-refractivity contribution in [2.75, 3.05) is 12.3 Å². The van der Waals surface area contributed by atoms with Gasteiger partial charge in [0.2, 0.25) is 0 Å². The molecule has 20 heavy (non-hydrogen) atoms. The van der Waals surface area contributed by atoms with Gasteiger partial charge in [-0.15, -0.1) is 0 Å². The van der Waals surface area contributed by atoms with Crippen LogP contribution in [0.1, 0.15) is 44.6 Å². The average molecular weight is 293 g/mol. The molecule has 112 valence electrons. The molecule has 0 radical (unpaired) electrons. The first kappa shape index (κ1) is 15.7. The maximum Gasteiger partial charge on any atom is 0.0394 e. The first-order chi connectivity index (χ1) is 9.61. The second-order valence-corrected chi connectivity index (χ2v) is 8.10. The summed E-state index contributed by atoms with van der Waals surface area (Å²) in [6, 6.07) is 10.7. The Hall–Kier alpha value is -0.670. The zero-order valence-corrected chi connectivity index (χ0v) is 13.4. The first-order valence-corrected chi connectivity index (χ1v) is 9.12. The third kappa shape index (κ3) is 3.92. The summed E-state index contributed by atoms with van der Waals surface area (Å²) in [5.41, 5.74) is 7.31. The van der Waals surface area contributed by atoms with Crippen LogP contribution in [0.4, 0.5) is 0 Å². The summed E-state index contributed by atoms with van der Waals surface area (Å²) in [4.78, 5) is 0.